The van der Waals surface area contributed by atoms with Gasteiger partial charge in [-0.3, -0.25) is 14.6 Å². The molecule has 2 amide bonds. The summed E-state index contributed by atoms with van der Waals surface area (Å²) in [5.41, 5.74) is 2.60. The van der Waals surface area contributed by atoms with Gasteiger partial charge in [0.2, 0.25) is 5.91 Å². The molecule has 0 spiro atoms. The molecule has 1 N–H and O–H groups in total. The van der Waals surface area contributed by atoms with Gasteiger partial charge in [-0.15, -0.1) is 0 Å². The molecule has 1 heterocycles. The lowest BCUT2D eigenvalue weighted by Crippen LogP contribution is -2.34. The Hall–Kier alpha value is -2.47. The smallest absolute Gasteiger partial charge is 0.254 e. The average Bonchev–Trinajstić information content (AvgIpc) is 2.75. The zero-order valence-corrected chi connectivity index (χ0v) is 18.5. The largest absolute Gasteiger partial charge is 0.369 e. The number of nitrogens with zero attached hydrogens (tertiary/aromatic N) is 2. The molecule has 1 aliphatic carbocycles. The third-order valence-electron chi connectivity index (χ3n) is 5.77. The van der Waals surface area contributed by atoms with Crippen LogP contribution in [0.25, 0.3) is 10.9 Å². The lowest BCUT2D eigenvalue weighted by Gasteiger charge is -2.29. The normalized spacial score (nSPS) is 19.1. The molecular weight excluding hydrogens is 378 g/mol. The zero-order valence-electron chi connectivity index (χ0n) is 18.5. The number of amides is 2. The Balaban J connectivity index is 1.64. The molecule has 2 aromatic rings. The number of ether oxygens (including phenoxy) is 1. The molecule has 30 heavy (non-hydrogen) atoms. The summed E-state index contributed by atoms with van der Waals surface area (Å²) in [5.74, 6) is 0.788. The van der Waals surface area contributed by atoms with Gasteiger partial charge in [-0.1, -0.05) is 18.2 Å². The Labute approximate surface area is 179 Å². The van der Waals surface area contributed by atoms with Crippen molar-refractivity contribution in [1.82, 2.24) is 15.2 Å². The van der Waals surface area contributed by atoms with Crippen molar-refractivity contribution in [2.45, 2.75) is 51.6 Å². The molecule has 0 saturated heterocycles. The van der Waals surface area contributed by atoms with Crippen molar-refractivity contribution in [1.29, 1.82) is 0 Å². The Kier molecular flexibility index (Phi) is 7.43. The van der Waals surface area contributed by atoms with Crippen molar-refractivity contribution in [3.8, 4) is 0 Å². The minimum absolute atomic E-state index is 0.00913. The van der Waals surface area contributed by atoms with Gasteiger partial charge in [0.05, 0.1) is 17.2 Å². The molecule has 1 aromatic heterocycles. The second-order valence-electron chi connectivity index (χ2n) is 8.69. The lowest BCUT2D eigenvalue weighted by molar-refractivity contribution is -0.127. The molecule has 1 aromatic carbocycles. The van der Waals surface area contributed by atoms with E-state index in [0.717, 1.165) is 47.8 Å². The zero-order chi connectivity index (χ0) is 21.7. The van der Waals surface area contributed by atoms with Crippen LogP contribution in [0.1, 0.15) is 61.5 Å². The van der Waals surface area contributed by atoms with Crippen molar-refractivity contribution < 1.29 is 14.3 Å². The first kappa shape index (κ1) is 22.2. The molecule has 1 saturated carbocycles. The minimum atomic E-state index is -0.0474. The Morgan fingerprint density at radius 3 is 2.53 bits per heavy atom. The summed E-state index contributed by atoms with van der Waals surface area (Å²) in [4.78, 5) is 31.1. The number of carbonyl (C=O) groups excluding carboxylic acids is 2. The fraction of sp³-hybridized carbons (Fsp3) is 0.542. The molecule has 6 heteroatoms. The van der Waals surface area contributed by atoms with Gasteiger partial charge in [0.25, 0.3) is 5.91 Å². The number of benzene rings is 1. The predicted octanol–water partition coefficient (Wildman–Crippen LogP) is 3.75. The fourth-order valence-corrected chi connectivity index (χ4v) is 4.04. The monoisotopic (exact) mass is 411 g/mol. The Morgan fingerprint density at radius 2 is 1.87 bits per heavy atom. The summed E-state index contributed by atoms with van der Waals surface area (Å²) in [5, 5.41) is 3.90. The summed E-state index contributed by atoms with van der Waals surface area (Å²) in [7, 11) is 3.56. The van der Waals surface area contributed by atoms with Gasteiger partial charge in [0.15, 0.2) is 0 Å². The highest BCUT2D eigenvalue weighted by molar-refractivity contribution is 6.06. The molecule has 0 unspecified atom stereocenters. The van der Waals surface area contributed by atoms with Gasteiger partial charge in [-0.25, -0.2) is 0 Å². The Morgan fingerprint density at radius 1 is 1.17 bits per heavy atom. The van der Waals surface area contributed by atoms with Crippen LogP contribution in [-0.2, 0) is 9.53 Å². The van der Waals surface area contributed by atoms with Crippen LogP contribution >= 0.6 is 0 Å². The van der Waals surface area contributed by atoms with Gasteiger partial charge in [-0.05, 0) is 57.6 Å². The maximum Gasteiger partial charge on any atom is 0.254 e. The second-order valence-corrected chi connectivity index (χ2v) is 8.69. The summed E-state index contributed by atoms with van der Waals surface area (Å²) in [6.07, 6.45) is 4.18. The topological polar surface area (TPSA) is 71.5 Å². The molecule has 162 valence electrons. The van der Waals surface area contributed by atoms with Crippen molar-refractivity contribution in [2.75, 3.05) is 27.2 Å². The molecule has 6 nitrogen and oxygen atoms in total. The van der Waals surface area contributed by atoms with Crippen LogP contribution in [0.2, 0.25) is 0 Å². The number of hydrogen-bond acceptors (Lipinski definition) is 4. The van der Waals surface area contributed by atoms with Crippen LogP contribution in [0.4, 0.5) is 0 Å². The highest BCUT2D eigenvalue weighted by Crippen LogP contribution is 2.36. The molecule has 0 radical (unpaired) electrons. The van der Waals surface area contributed by atoms with Gasteiger partial charge >= 0.3 is 0 Å². The molecular formula is C24H33N3O3. The van der Waals surface area contributed by atoms with Gasteiger partial charge in [-0.2, -0.15) is 0 Å². The summed E-state index contributed by atoms with van der Waals surface area (Å²) in [6.45, 7) is 4.67. The number of hydrogen-bond donors (Lipinski definition) is 1. The molecule has 3 rings (SSSR count). The molecule has 1 aliphatic rings. The van der Waals surface area contributed by atoms with Gasteiger partial charge < -0.3 is 15.0 Å². The number of pyridine rings is 1. The van der Waals surface area contributed by atoms with E-state index in [9.17, 15) is 9.59 Å². The van der Waals surface area contributed by atoms with Crippen molar-refractivity contribution >= 4 is 22.7 Å². The summed E-state index contributed by atoms with van der Waals surface area (Å²) in [6, 6.07) is 9.84. The van der Waals surface area contributed by atoms with Crippen LogP contribution < -0.4 is 5.32 Å². The number of para-hydroxylation sites is 1. The van der Waals surface area contributed by atoms with E-state index in [1.165, 1.54) is 0 Å². The highest BCUT2D eigenvalue weighted by atomic mass is 16.5. The lowest BCUT2D eigenvalue weighted by atomic mass is 9.80. The molecule has 1 fully saturated rings. The summed E-state index contributed by atoms with van der Waals surface area (Å²) >= 11 is 0. The van der Waals surface area contributed by atoms with Gasteiger partial charge in [0, 0.05) is 37.6 Å². The van der Waals surface area contributed by atoms with E-state index in [2.05, 4.69) is 5.32 Å². The Bertz CT molecular complexity index is 886. The molecule has 0 bridgehead atoms. The average molecular weight is 412 g/mol. The van der Waals surface area contributed by atoms with E-state index in [0.29, 0.717) is 18.4 Å². The number of rotatable bonds is 7. The predicted molar refractivity (Wildman–Crippen MR) is 119 cm³/mol. The first-order valence-electron chi connectivity index (χ1n) is 10.8. The van der Waals surface area contributed by atoms with E-state index in [1.54, 1.807) is 19.0 Å². The third-order valence-corrected chi connectivity index (χ3v) is 5.77. The first-order chi connectivity index (χ1) is 14.3. The maximum atomic E-state index is 12.7. The molecule has 0 atom stereocenters. The van der Waals surface area contributed by atoms with Crippen molar-refractivity contribution in [3.05, 3.63) is 41.6 Å². The third kappa shape index (κ3) is 5.57. The summed E-state index contributed by atoms with van der Waals surface area (Å²) < 4.78 is 5.35. The van der Waals surface area contributed by atoms with Gasteiger partial charge in [0.1, 0.15) is 6.61 Å². The van der Waals surface area contributed by atoms with Crippen LogP contribution in [0.3, 0.4) is 0 Å². The van der Waals surface area contributed by atoms with Crippen molar-refractivity contribution in [3.63, 3.8) is 0 Å². The van der Waals surface area contributed by atoms with E-state index in [-0.39, 0.29) is 24.5 Å². The maximum absolute atomic E-state index is 12.7. The SMILES string of the molecule is CC(C)OCC(=O)NCC1CCC(c2cc(C(=O)N(C)C)c3ccccc3n2)CC1. The van der Waals surface area contributed by atoms with E-state index >= 15 is 0 Å². The van der Waals surface area contributed by atoms with Crippen LogP contribution in [-0.4, -0.2) is 55.0 Å². The quantitative estimate of drug-likeness (QED) is 0.753. The van der Waals surface area contributed by atoms with E-state index < -0.39 is 0 Å². The number of aromatic nitrogens is 1. The second kappa shape index (κ2) is 10.0. The van der Waals surface area contributed by atoms with E-state index in [1.807, 2.05) is 44.2 Å². The standard InChI is InChI=1S/C24H33N3O3/c1-16(2)30-15-23(28)25-14-17-9-11-18(12-10-17)22-13-20(24(29)27(3)4)19-7-5-6-8-21(19)26-22/h5-8,13,16-18H,9-12,14-15H2,1-4H3,(H,25,28). The minimum Gasteiger partial charge on any atom is -0.369 e. The fourth-order valence-electron chi connectivity index (χ4n) is 4.04. The number of nitrogens with one attached hydrogen (secondary N) is 1. The highest BCUT2D eigenvalue weighted by Gasteiger charge is 2.25. The van der Waals surface area contributed by atoms with E-state index in [4.69, 9.17) is 9.72 Å². The number of carbonyl (C=O) groups is 2. The number of fused-ring (bicyclic) bond motifs is 1. The van der Waals surface area contributed by atoms with Crippen molar-refractivity contribution in [2.24, 2.45) is 5.92 Å². The van der Waals surface area contributed by atoms with Crippen LogP contribution in [0.5, 0.6) is 0 Å². The molecule has 0 aliphatic heterocycles. The van der Waals surface area contributed by atoms with Crippen LogP contribution in [0.15, 0.2) is 30.3 Å². The first-order valence-corrected chi connectivity index (χ1v) is 10.8. The van der Waals surface area contributed by atoms with Crippen LogP contribution in [0, 0.1) is 5.92 Å².